The zero-order valence-corrected chi connectivity index (χ0v) is 12.7. The van der Waals surface area contributed by atoms with Gasteiger partial charge in [0.05, 0.1) is 18.3 Å². The van der Waals surface area contributed by atoms with E-state index in [2.05, 4.69) is 10.5 Å². The molecule has 0 radical (unpaired) electrons. The molecule has 1 fully saturated rings. The quantitative estimate of drug-likeness (QED) is 0.813. The average Bonchev–Trinajstić information content (AvgIpc) is 2.98. The lowest BCUT2D eigenvalue weighted by molar-refractivity contribution is -0.148. The fraction of sp³-hybridized carbons (Fsp3) is 0.667. The molecule has 126 valence electrons. The van der Waals surface area contributed by atoms with E-state index in [4.69, 9.17) is 19.1 Å². The van der Waals surface area contributed by atoms with E-state index in [1.54, 1.807) is 0 Å². The van der Waals surface area contributed by atoms with Gasteiger partial charge in [-0.25, -0.2) is 4.79 Å². The number of carbonyl (C=O) groups is 2. The minimum Gasteiger partial charge on any atom is -0.480 e. The summed E-state index contributed by atoms with van der Waals surface area (Å²) in [7, 11) is 0. The van der Waals surface area contributed by atoms with E-state index in [1.165, 1.54) is 0 Å². The highest BCUT2D eigenvalue weighted by Crippen LogP contribution is 2.24. The monoisotopic (exact) mass is 324 g/mol. The molecule has 23 heavy (non-hydrogen) atoms. The molecule has 0 aromatic carbocycles. The number of fused-ring (bicyclic) bond motifs is 1. The number of nitrogens with zero attached hydrogens (tertiary/aromatic N) is 1. The Labute approximate surface area is 133 Å². The molecular formula is C15H20N2O6. The first-order chi connectivity index (χ1) is 11.1. The van der Waals surface area contributed by atoms with Gasteiger partial charge in [0.1, 0.15) is 12.7 Å². The van der Waals surface area contributed by atoms with Gasteiger partial charge in [-0.2, -0.15) is 0 Å². The molecule has 0 unspecified atom stereocenters. The molecule has 8 nitrogen and oxygen atoms in total. The third-order valence-corrected chi connectivity index (χ3v) is 4.21. The second kappa shape index (κ2) is 7.10. The maximum absolute atomic E-state index is 12.5. The molecular weight excluding hydrogens is 304 g/mol. The first-order valence-electron chi connectivity index (χ1n) is 7.84. The smallest absolute Gasteiger partial charge is 0.329 e. The highest BCUT2D eigenvalue weighted by Gasteiger charge is 2.31. The predicted molar refractivity (Wildman–Crippen MR) is 77.2 cm³/mol. The number of carbonyl (C=O) groups excluding carboxylic acids is 1. The number of carboxylic acid groups (broad SMARTS) is 1. The van der Waals surface area contributed by atoms with Crippen molar-refractivity contribution in [1.29, 1.82) is 0 Å². The van der Waals surface area contributed by atoms with E-state index in [9.17, 15) is 9.59 Å². The van der Waals surface area contributed by atoms with E-state index in [0.29, 0.717) is 13.0 Å². The molecule has 0 saturated carbocycles. The molecule has 2 aliphatic rings. The summed E-state index contributed by atoms with van der Waals surface area (Å²) >= 11 is 0. The number of rotatable bonds is 5. The summed E-state index contributed by atoms with van der Waals surface area (Å²) in [4.78, 5) is 23.1. The van der Waals surface area contributed by atoms with Crippen molar-refractivity contribution in [1.82, 2.24) is 10.5 Å². The van der Waals surface area contributed by atoms with Crippen molar-refractivity contribution in [2.24, 2.45) is 0 Å². The van der Waals surface area contributed by atoms with Crippen LogP contribution in [0.2, 0.25) is 0 Å². The maximum Gasteiger partial charge on any atom is 0.329 e. The van der Waals surface area contributed by atoms with Crippen LogP contribution in [0.15, 0.2) is 4.52 Å². The number of nitrogens with one attached hydrogen (secondary N) is 1. The average molecular weight is 324 g/mol. The van der Waals surface area contributed by atoms with Crippen molar-refractivity contribution in [3.8, 4) is 0 Å². The fourth-order valence-corrected chi connectivity index (χ4v) is 3.02. The van der Waals surface area contributed by atoms with Crippen LogP contribution in [0.25, 0.3) is 0 Å². The first kappa shape index (κ1) is 15.9. The normalized spacial score (nSPS) is 24.0. The third-order valence-electron chi connectivity index (χ3n) is 4.21. The molecule has 1 aromatic rings. The number of hydrogen-bond acceptors (Lipinski definition) is 6. The van der Waals surface area contributed by atoms with Crippen molar-refractivity contribution < 1.29 is 28.7 Å². The van der Waals surface area contributed by atoms with Gasteiger partial charge in [-0.3, -0.25) is 4.79 Å². The van der Waals surface area contributed by atoms with E-state index >= 15 is 0 Å². The molecule has 1 aliphatic carbocycles. The second-order valence-corrected chi connectivity index (χ2v) is 5.83. The Balaban J connectivity index is 1.65. The Morgan fingerprint density at radius 1 is 1.35 bits per heavy atom. The van der Waals surface area contributed by atoms with Gasteiger partial charge in [0.25, 0.3) is 5.91 Å². The minimum atomic E-state index is -1.05. The molecule has 2 N–H and O–H groups in total. The van der Waals surface area contributed by atoms with Crippen LogP contribution in [0.3, 0.4) is 0 Å². The molecule has 2 heterocycles. The van der Waals surface area contributed by atoms with Crippen LogP contribution in [-0.4, -0.2) is 54.1 Å². The lowest BCUT2D eigenvalue weighted by atomic mass is 9.95. The van der Waals surface area contributed by atoms with Crippen molar-refractivity contribution in [3.63, 3.8) is 0 Å². The van der Waals surface area contributed by atoms with Crippen molar-refractivity contribution in [3.05, 3.63) is 17.0 Å². The Morgan fingerprint density at radius 3 is 3.00 bits per heavy atom. The van der Waals surface area contributed by atoms with Crippen LogP contribution in [0, 0.1) is 0 Å². The molecule has 1 aromatic heterocycles. The Bertz CT molecular complexity index is 585. The molecule has 1 saturated heterocycles. The minimum absolute atomic E-state index is 0.257. The standard InChI is InChI=1S/C15H20N2O6/c18-13(19)8-22-12-7-21-6-5-11(12)16-15(20)14-9-3-1-2-4-10(9)17-23-14/h11-12H,1-8H2,(H,16,20)(H,18,19)/t11-,12-/m1/s1. The second-order valence-electron chi connectivity index (χ2n) is 5.83. The van der Waals surface area contributed by atoms with Gasteiger partial charge in [-0.1, -0.05) is 5.16 Å². The molecule has 0 bridgehead atoms. The predicted octanol–water partition coefficient (Wildman–Crippen LogP) is 0.542. The number of ether oxygens (including phenoxy) is 2. The molecule has 1 amide bonds. The van der Waals surface area contributed by atoms with Crippen molar-refractivity contribution in [2.45, 2.75) is 44.2 Å². The molecule has 0 spiro atoms. The summed E-state index contributed by atoms with van der Waals surface area (Å²) in [6.07, 6.45) is 3.80. The van der Waals surface area contributed by atoms with Crippen LogP contribution in [0.5, 0.6) is 0 Å². The van der Waals surface area contributed by atoms with E-state index < -0.39 is 18.7 Å². The zero-order chi connectivity index (χ0) is 16.2. The number of carboxylic acids is 1. The van der Waals surface area contributed by atoms with Gasteiger partial charge in [0.15, 0.2) is 0 Å². The summed E-state index contributed by atoms with van der Waals surface area (Å²) in [5.41, 5.74) is 1.76. The highest BCUT2D eigenvalue weighted by molar-refractivity contribution is 5.93. The van der Waals surface area contributed by atoms with Crippen LogP contribution in [0.1, 0.15) is 41.1 Å². The van der Waals surface area contributed by atoms with E-state index in [1.807, 2.05) is 0 Å². The summed E-state index contributed by atoms with van der Waals surface area (Å²) in [5, 5.41) is 15.6. The molecule has 2 atom stereocenters. The van der Waals surface area contributed by atoms with Crippen LogP contribution in [0.4, 0.5) is 0 Å². The Hall–Kier alpha value is -1.93. The molecule has 3 rings (SSSR count). The van der Waals surface area contributed by atoms with Gasteiger partial charge in [0, 0.05) is 12.2 Å². The maximum atomic E-state index is 12.5. The number of aromatic nitrogens is 1. The highest BCUT2D eigenvalue weighted by atomic mass is 16.5. The largest absolute Gasteiger partial charge is 0.480 e. The van der Waals surface area contributed by atoms with E-state index in [0.717, 1.165) is 36.9 Å². The summed E-state index contributed by atoms with van der Waals surface area (Å²) in [5.74, 6) is -1.11. The summed E-state index contributed by atoms with van der Waals surface area (Å²) in [6, 6.07) is -0.306. The third kappa shape index (κ3) is 3.70. The lowest BCUT2D eigenvalue weighted by Crippen LogP contribution is -2.50. The number of aliphatic carboxylic acids is 1. The Kier molecular flexibility index (Phi) is 4.92. The molecule has 8 heteroatoms. The van der Waals surface area contributed by atoms with Gasteiger partial charge < -0.3 is 24.4 Å². The first-order valence-corrected chi connectivity index (χ1v) is 7.84. The number of aryl methyl sites for hydroxylation is 1. The lowest BCUT2D eigenvalue weighted by Gasteiger charge is -2.31. The van der Waals surface area contributed by atoms with Gasteiger partial charge in [-0.05, 0) is 32.1 Å². The van der Waals surface area contributed by atoms with Crippen molar-refractivity contribution >= 4 is 11.9 Å². The number of amides is 1. The molecule has 1 aliphatic heterocycles. The summed E-state index contributed by atoms with van der Waals surface area (Å²) < 4.78 is 15.8. The fourth-order valence-electron chi connectivity index (χ4n) is 3.02. The van der Waals surface area contributed by atoms with Crippen LogP contribution in [-0.2, 0) is 27.1 Å². The number of hydrogen-bond donors (Lipinski definition) is 2. The topological polar surface area (TPSA) is 111 Å². The van der Waals surface area contributed by atoms with E-state index in [-0.39, 0.29) is 24.3 Å². The summed E-state index contributed by atoms with van der Waals surface area (Å²) in [6.45, 7) is 0.331. The van der Waals surface area contributed by atoms with Crippen molar-refractivity contribution in [2.75, 3.05) is 19.8 Å². The SMILES string of the molecule is O=C(O)CO[C@@H]1COCC[C@H]1NC(=O)c1onc2c1CCCC2. The van der Waals surface area contributed by atoms with Gasteiger partial charge >= 0.3 is 5.97 Å². The van der Waals surface area contributed by atoms with Gasteiger partial charge in [0.2, 0.25) is 5.76 Å². The van der Waals surface area contributed by atoms with Crippen LogP contribution < -0.4 is 5.32 Å². The zero-order valence-electron chi connectivity index (χ0n) is 12.7. The van der Waals surface area contributed by atoms with Gasteiger partial charge in [-0.15, -0.1) is 0 Å². The Morgan fingerprint density at radius 2 is 2.17 bits per heavy atom. The van der Waals surface area contributed by atoms with Crippen LogP contribution >= 0.6 is 0 Å².